The molecule has 110 valence electrons. The van der Waals surface area contributed by atoms with E-state index in [9.17, 15) is 14.4 Å². The first-order valence-electron chi connectivity index (χ1n) is 4.90. The average Bonchev–Trinajstić information content (AvgIpc) is 2.20. The fraction of sp³-hybridized carbons (Fsp3) is 0.667. The number of nitrogens with zero attached hydrogens (tertiary/aromatic N) is 1. The Labute approximate surface area is 108 Å². The van der Waals surface area contributed by atoms with Gasteiger partial charge in [0.2, 0.25) is 0 Å². The molecule has 0 unspecified atom stereocenters. The Balaban J connectivity index is 0. The zero-order valence-electron chi connectivity index (χ0n) is 10.6. The number of carbonyl (C=O) groups is 3. The Hall–Kier alpha value is -2.39. The van der Waals surface area contributed by atoms with Gasteiger partial charge in [0.25, 0.3) is 0 Å². The summed E-state index contributed by atoms with van der Waals surface area (Å²) in [6, 6.07) is 0. The Morgan fingerprint density at radius 3 is 1.47 bits per heavy atom. The molecule has 0 spiro atoms. The first-order valence-corrected chi connectivity index (χ1v) is 4.90. The molecule has 0 aromatic rings. The SMILES string of the molecule is CC(=O)OCC(COC(C)=O)OC(C)=O.O=[N+]([O-])[O-]. The minimum atomic E-state index is -1.75. The zero-order chi connectivity index (χ0) is 15.4. The Kier molecular flexibility index (Phi) is 10.7. The molecule has 0 radical (unpaired) electrons. The molecule has 0 bridgehead atoms. The lowest BCUT2D eigenvalue weighted by atomic mass is 10.4. The van der Waals surface area contributed by atoms with Crippen molar-refractivity contribution in [1.82, 2.24) is 0 Å². The van der Waals surface area contributed by atoms with Gasteiger partial charge in [-0.1, -0.05) is 0 Å². The van der Waals surface area contributed by atoms with Gasteiger partial charge in [-0.15, -0.1) is 0 Å². The third-order valence-electron chi connectivity index (χ3n) is 1.28. The van der Waals surface area contributed by atoms with Crippen LogP contribution in [0.2, 0.25) is 0 Å². The standard InChI is InChI=1S/C9H14O6.NO3/c1-6(10)13-4-9(15-8(3)12)5-14-7(2)11;2-1(3)4/h9H,4-5H2,1-3H3;/q;-1. The lowest BCUT2D eigenvalue weighted by molar-refractivity contribution is -0.402. The van der Waals surface area contributed by atoms with Gasteiger partial charge in [0.1, 0.15) is 13.2 Å². The second-order valence-corrected chi connectivity index (χ2v) is 3.06. The van der Waals surface area contributed by atoms with Crippen molar-refractivity contribution < 1.29 is 33.7 Å². The monoisotopic (exact) mass is 280 g/mol. The predicted octanol–water partition coefficient (Wildman–Crippen LogP) is -0.195. The molecule has 0 N–H and O–H groups in total. The van der Waals surface area contributed by atoms with Crippen LogP contribution in [0.3, 0.4) is 0 Å². The number of hydrogen-bond donors (Lipinski definition) is 0. The van der Waals surface area contributed by atoms with Crippen LogP contribution in [0.15, 0.2) is 0 Å². The van der Waals surface area contributed by atoms with E-state index in [1.807, 2.05) is 0 Å². The van der Waals surface area contributed by atoms with Crippen LogP contribution in [0.1, 0.15) is 20.8 Å². The van der Waals surface area contributed by atoms with Crippen molar-refractivity contribution in [3.8, 4) is 0 Å². The number of hydrogen-bond acceptors (Lipinski definition) is 9. The van der Waals surface area contributed by atoms with Crippen molar-refractivity contribution in [1.29, 1.82) is 0 Å². The van der Waals surface area contributed by atoms with Crippen molar-refractivity contribution in [2.45, 2.75) is 26.9 Å². The highest BCUT2D eigenvalue weighted by atomic mass is 16.9. The Morgan fingerprint density at radius 2 is 1.26 bits per heavy atom. The molecule has 0 heterocycles. The summed E-state index contributed by atoms with van der Waals surface area (Å²) >= 11 is 0. The second-order valence-electron chi connectivity index (χ2n) is 3.06. The smallest absolute Gasteiger partial charge is 0.303 e. The maximum absolute atomic E-state index is 10.6. The van der Waals surface area contributed by atoms with E-state index < -0.39 is 29.1 Å². The molecule has 0 fully saturated rings. The zero-order valence-corrected chi connectivity index (χ0v) is 10.6. The van der Waals surface area contributed by atoms with E-state index in [-0.39, 0.29) is 13.2 Å². The molecule has 0 amide bonds. The van der Waals surface area contributed by atoms with E-state index in [1.165, 1.54) is 20.8 Å². The Morgan fingerprint density at radius 1 is 0.947 bits per heavy atom. The maximum Gasteiger partial charge on any atom is 0.303 e. The molecule has 0 aliphatic heterocycles. The van der Waals surface area contributed by atoms with Gasteiger partial charge in [-0.25, -0.2) is 0 Å². The highest BCUT2D eigenvalue weighted by Gasteiger charge is 2.15. The molecule has 0 rings (SSSR count). The molecule has 0 saturated heterocycles. The van der Waals surface area contributed by atoms with E-state index >= 15 is 0 Å². The van der Waals surface area contributed by atoms with Gasteiger partial charge < -0.3 is 29.5 Å². The van der Waals surface area contributed by atoms with Crippen LogP contribution >= 0.6 is 0 Å². The van der Waals surface area contributed by atoms with Gasteiger partial charge in [0.15, 0.2) is 6.10 Å². The fourth-order valence-corrected chi connectivity index (χ4v) is 0.771. The molecule has 0 atom stereocenters. The number of esters is 3. The molecular formula is C9H14NO9-. The van der Waals surface area contributed by atoms with Crippen molar-refractivity contribution >= 4 is 17.9 Å². The van der Waals surface area contributed by atoms with Crippen LogP contribution in [-0.2, 0) is 28.6 Å². The summed E-state index contributed by atoms with van der Waals surface area (Å²) in [4.78, 5) is 39.9. The molecule has 0 saturated carbocycles. The lowest BCUT2D eigenvalue weighted by Crippen LogP contribution is -2.29. The van der Waals surface area contributed by atoms with Crippen molar-refractivity contribution in [2.75, 3.05) is 13.2 Å². The molecule has 19 heavy (non-hydrogen) atoms. The van der Waals surface area contributed by atoms with Gasteiger partial charge in [0.05, 0.1) is 5.09 Å². The minimum Gasteiger partial charge on any atom is -0.462 e. The summed E-state index contributed by atoms with van der Waals surface area (Å²) in [5.74, 6) is -1.51. The van der Waals surface area contributed by atoms with E-state index in [0.29, 0.717) is 0 Å². The van der Waals surface area contributed by atoms with Gasteiger partial charge in [-0.05, 0) is 0 Å². The summed E-state index contributed by atoms with van der Waals surface area (Å²) in [5, 5.41) is 14.8. The summed E-state index contributed by atoms with van der Waals surface area (Å²) < 4.78 is 14.0. The van der Waals surface area contributed by atoms with E-state index in [4.69, 9.17) is 20.1 Å². The highest BCUT2D eigenvalue weighted by molar-refractivity contribution is 5.67. The minimum absolute atomic E-state index is 0.123. The van der Waals surface area contributed by atoms with Crippen LogP contribution in [0.4, 0.5) is 0 Å². The maximum atomic E-state index is 10.6. The topological polar surface area (TPSA) is 145 Å². The van der Waals surface area contributed by atoms with Crippen LogP contribution in [-0.4, -0.2) is 42.3 Å². The van der Waals surface area contributed by atoms with Crippen molar-refractivity contribution in [3.63, 3.8) is 0 Å². The number of ether oxygens (including phenoxy) is 3. The quantitative estimate of drug-likeness (QED) is 0.289. The third kappa shape index (κ3) is 21.5. The highest BCUT2D eigenvalue weighted by Crippen LogP contribution is 1.97. The first-order chi connectivity index (χ1) is 8.65. The molecule has 10 heteroatoms. The summed E-state index contributed by atoms with van der Waals surface area (Å²) in [5.41, 5.74) is 0. The van der Waals surface area contributed by atoms with E-state index in [0.717, 1.165) is 0 Å². The largest absolute Gasteiger partial charge is 0.462 e. The predicted molar refractivity (Wildman–Crippen MR) is 59.2 cm³/mol. The second kappa shape index (κ2) is 10.7. The number of carbonyl (C=O) groups excluding carboxylic acids is 3. The number of rotatable bonds is 5. The summed E-state index contributed by atoms with van der Waals surface area (Å²) in [6.45, 7) is 3.44. The van der Waals surface area contributed by atoms with Gasteiger partial charge >= 0.3 is 17.9 Å². The van der Waals surface area contributed by atoms with Crippen LogP contribution in [0, 0.1) is 15.3 Å². The molecule has 0 aromatic heterocycles. The molecule has 0 aromatic carbocycles. The van der Waals surface area contributed by atoms with Crippen LogP contribution in [0.5, 0.6) is 0 Å². The summed E-state index contributed by atoms with van der Waals surface area (Å²) in [6.07, 6.45) is -0.754. The molecule has 10 nitrogen and oxygen atoms in total. The molecule has 0 aliphatic rings. The van der Waals surface area contributed by atoms with Crippen molar-refractivity contribution in [2.24, 2.45) is 0 Å². The van der Waals surface area contributed by atoms with Crippen molar-refractivity contribution in [3.05, 3.63) is 15.3 Å². The van der Waals surface area contributed by atoms with Crippen LogP contribution < -0.4 is 0 Å². The normalized spacial score (nSPS) is 8.84. The fourth-order valence-electron chi connectivity index (χ4n) is 0.771. The van der Waals surface area contributed by atoms with E-state index in [2.05, 4.69) is 9.47 Å². The lowest BCUT2D eigenvalue weighted by Gasteiger charge is -2.15. The summed E-state index contributed by atoms with van der Waals surface area (Å²) in [7, 11) is 0. The van der Waals surface area contributed by atoms with Gasteiger partial charge in [-0.2, -0.15) is 0 Å². The third-order valence-corrected chi connectivity index (χ3v) is 1.28. The van der Waals surface area contributed by atoms with Gasteiger partial charge in [0, 0.05) is 20.8 Å². The van der Waals surface area contributed by atoms with E-state index in [1.54, 1.807) is 0 Å². The molecular weight excluding hydrogens is 266 g/mol. The average molecular weight is 280 g/mol. The Bertz CT molecular complexity index is 306. The molecule has 0 aliphatic carbocycles. The first kappa shape index (κ1) is 19.0. The van der Waals surface area contributed by atoms with Gasteiger partial charge in [-0.3, -0.25) is 14.4 Å². The van der Waals surface area contributed by atoms with Crippen LogP contribution in [0.25, 0.3) is 0 Å².